The van der Waals surface area contributed by atoms with E-state index in [0.717, 1.165) is 16.9 Å². The lowest BCUT2D eigenvalue weighted by atomic mass is 9.82. The van der Waals surface area contributed by atoms with Gasteiger partial charge in [-0.3, -0.25) is 9.59 Å². The van der Waals surface area contributed by atoms with E-state index in [1.807, 2.05) is 61.2 Å². The van der Waals surface area contributed by atoms with E-state index < -0.39 is 5.60 Å². The lowest BCUT2D eigenvalue weighted by molar-refractivity contribution is -0.135. The minimum Gasteiger partial charge on any atom is -0.494 e. The minimum absolute atomic E-state index is 0.149. The number of benzene rings is 2. The molecule has 0 atom stereocenters. The standard InChI is InChI=1S/C25H29NO4/c1-18-15-21-22(27)17-25(30-23(21)16-19(18)2)10-12-26(13-11-25)24(28)9-6-14-29-20-7-4-3-5-8-20/h3-5,7-8,15-16H,6,9-14,17H2,1-2H3. The summed E-state index contributed by atoms with van der Waals surface area (Å²) < 4.78 is 12.0. The average molecular weight is 408 g/mol. The van der Waals surface area contributed by atoms with E-state index in [1.54, 1.807) is 0 Å². The number of hydrogen-bond donors (Lipinski definition) is 0. The summed E-state index contributed by atoms with van der Waals surface area (Å²) in [4.78, 5) is 27.2. The third-order valence-corrected chi connectivity index (χ3v) is 6.28. The van der Waals surface area contributed by atoms with Crippen LogP contribution < -0.4 is 9.47 Å². The van der Waals surface area contributed by atoms with E-state index in [0.29, 0.717) is 63.1 Å². The Labute approximate surface area is 178 Å². The number of Topliss-reactive ketones (excluding diaryl/α,β-unsaturated/α-hetero) is 1. The van der Waals surface area contributed by atoms with Gasteiger partial charge in [0, 0.05) is 32.4 Å². The first kappa shape index (κ1) is 20.5. The zero-order chi connectivity index (χ0) is 21.1. The largest absolute Gasteiger partial charge is 0.494 e. The normalized spacial score (nSPS) is 17.4. The van der Waals surface area contributed by atoms with Crippen LogP contribution in [-0.2, 0) is 4.79 Å². The van der Waals surface area contributed by atoms with Crippen molar-refractivity contribution in [2.45, 2.75) is 51.6 Å². The van der Waals surface area contributed by atoms with Crippen LogP contribution in [0, 0.1) is 13.8 Å². The number of likely N-dealkylation sites (tertiary alicyclic amines) is 1. The molecule has 1 saturated heterocycles. The predicted octanol–water partition coefficient (Wildman–Crippen LogP) is 4.49. The Morgan fingerprint density at radius 1 is 1.10 bits per heavy atom. The first-order valence-electron chi connectivity index (χ1n) is 10.7. The molecule has 4 rings (SSSR count). The minimum atomic E-state index is -0.473. The molecule has 1 amide bonds. The number of ketones is 1. The number of aryl methyl sites for hydroxylation is 2. The molecule has 2 aliphatic heterocycles. The van der Waals surface area contributed by atoms with Crippen molar-refractivity contribution in [3.8, 4) is 11.5 Å². The van der Waals surface area contributed by atoms with Crippen LogP contribution in [0.5, 0.6) is 11.5 Å². The van der Waals surface area contributed by atoms with Gasteiger partial charge in [-0.1, -0.05) is 18.2 Å². The zero-order valence-corrected chi connectivity index (χ0v) is 17.8. The third kappa shape index (κ3) is 4.35. The number of nitrogens with zero attached hydrogens (tertiary/aromatic N) is 1. The Bertz CT molecular complexity index is 930. The highest BCUT2D eigenvalue weighted by Crippen LogP contribution is 2.40. The molecule has 0 bridgehead atoms. The second-order valence-corrected chi connectivity index (χ2v) is 8.46. The van der Waals surface area contributed by atoms with Gasteiger partial charge in [-0.25, -0.2) is 0 Å². The van der Waals surface area contributed by atoms with Crippen molar-refractivity contribution in [2.24, 2.45) is 0 Å². The molecule has 5 heteroatoms. The second-order valence-electron chi connectivity index (χ2n) is 8.46. The van der Waals surface area contributed by atoms with Crippen molar-refractivity contribution < 1.29 is 19.1 Å². The van der Waals surface area contributed by atoms with Gasteiger partial charge in [0.1, 0.15) is 17.1 Å². The predicted molar refractivity (Wildman–Crippen MR) is 115 cm³/mol. The SMILES string of the molecule is Cc1cc2c(cc1C)C(=O)CC1(CCN(C(=O)CCCOc3ccccc3)CC1)O2. The first-order valence-corrected chi connectivity index (χ1v) is 10.7. The highest BCUT2D eigenvalue weighted by Gasteiger charge is 2.43. The topological polar surface area (TPSA) is 55.8 Å². The molecular weight excluding hydrogens is 378 g/mol. The average Bonchev–Trinajstić information content (AvgIpc) is 2.74. The summed E-state index contributed by atoms with van der Waals surface area (Å²) in [6.45, 7) is 5.84. The molecule has 5 nitrogen and oxygen atoms in total. The van der Waals surface area contributed by atoms with E-state index in [4.69, 9.17) is 9.47 Å². The third-order valence-electron chi connectivity index (χ3n) is 6.28. The van der Waals surface area contributed by atoms with Crippen LogP contribution in [0.1, 0.15) is 53.6 Å². The number of ether oxygens (including phenoxy) is 2. The molecule has 2 aromatic rings. The molecule has 0 radical (unpaired) electrons. The van der Waals surface area contributed by atoms with Crippen LogP contribution >= 0.6 is 0 Å². The number of piperidine rings is 1. The van der Waals surface area contributed by atoms with Crippen LogP contribution in [0.2, 0.25) is 0 Å². The van der Waals surface area contributed by atoms with Crippen molar-refractivity contribution >= 4 is 11.7 Å². The maximum atomic E-state index is 12.8. The van der Waals surface area contributed by atoms with E-state index in [9.17, 15) is 9.59 Å². The number of amides is 1. The Hall–Kier alpha value is -2.82. The van der Waals surface area contributed by atoms with Gasteiger partial charge >= 0.3 is 0 Å². The molecule has 0 unspecified atom stereocenters. The van der Waals surface area contributed by atoms with E-state index >= 15 is 0 Å². The quantitative estimate of drug-likeness (QED) is 0.686. The summed E-state index contributed by atoms with van der Waals surface area (Å²) in [5.74, 6) is 1.83. The van der Waals surface area contributed by atoms with Gasteiger partial charge in [-0.2, -0.15) is 0 Å². The molecule has 0 aliphatic carbocycles. The van der Waals surface area contributed by atoms with E-state index in [2.05, 4.69) is 0 Å². The first-order chi connectivity index (χ1) is 14.5. The Morgan fingerprint density at radius 2 is 1.80 bits per heavy atom. The molecule has 2 heterocycles. The monoisotopic (exact) mass is 407 g/mol. The van der Waals surface area contributed by atoms with Crippen molar-refractivity contribution in [1.29, 1.82) is 0 Å². The fourth-order valence-electron chi connectivity index (χ4n) is 4.28. The Morgan fingerprint density at radius 3 is 2.53 bits per heavy atom. The van der Waals surface area contributed by atoms with Crippen LogP contribution in [0.3, 0.4) is 0 Å². The summed E-state index contributed by atoms with van der Waals surface area (Å²) in [7, 11) is 0. The fraction of sp³-hybridized carbons (Fsp3) is 0.440. The molecule has 2 aromatic carbocycles. The lowest BCUT2D eigenvalue weighted by Gasteiger charge is -2.44. The van der Waals surface area contributed by atoms with Crippen molar-refractivity contribution in [3.63, 3.8) is 0 Å². The maximum absolute atomic E-state index is 12.8. The molecule has 0 N–H and O–H groups in total. The van der Waals surface area contributed by atoms with Crippen LogP contribution in [0.25, 0.3) is 0 Å². The number of carbonyl (C=O) groups excluding carboxylic acids is 2. The summed E-state index contributed by atoms with van der Waals surface area (Å²) in [6.07, 6.45) is 2.95. The van der Waals surface area contributed by atoms with Gasteiger partial charge in [0.15, 0.2) is 5.78 Å². The molecule has 2 aliphatic rings. The smallest absolute Gasteiger partial charge is 0.222 e. The second kappa shape index (κ2) is 8.50. The maximum Gasteiger partial charge on any atom is 0.222 e. The molecular formula is C25H29NO4. The fourth-order valence-corrected chi connectivity index (χ4v) is 4.28. The van der Waals surface area contributed by atoms with Gasteiger partial charge in [0.25, 0.3) is 0 Å². The summed E-state index contributed by atoms with van der Waals surface area (Å²) in [5, 5.41) is 0. The van der Waals surface area contributed by atoms with Crippen LogP contribution in [0.15, 0.2) is 42.5 Å². The van der Waals surface area contributed by atoms with Crippen molar-refractivity contribution in [3.05, 3.63) is 59.2 Å². The molecule has 1 spiro atoms. The number of fused-ring (bicyclic) bond motifs is 1. The molecule has 30 heavy (non-hydrogen) atoms. The van der Waals surface area contributed by atoms with E-state index in [-0.39, 0.29) is 11.7 Å². The highest BCUT2D eigenvalue weighted by molar-refractivity contribution is 6.00. The molecule has 0 aromatic heterocycles. The molecule has 1 fully saturated rings. The number of rotatable bonds is 5. The molecule has 158 valence electrons. The number of hydrogen-bond acceptors (Lipinski definition) is 4. The summed E-state index contributed by atoms with van der Waals surface area (Å²) in [6, 6.07) is 13.6. The zero-order valence-electron chi connectivity index (χ0n) is 17.8. The van der Waals surface area contributed by atoms with Crippen molar-refractivity contribution in [2.75, 3.05) is 19.7 Å². The van der Waals surface area contributed by atoms with Crippen LogP contribution in [-0.4, -0.2) is 41.9 Å². The number of carbonyl (C=O) groups is 2. The summed E-state index contributed by atoms with van der Waals surface area (Å²) in [5.41, 5.74) is 2.46. The highest BCUT2D eigenvalue weighted by atomic mass is 16.5. The summed E-state index contributed by atoms with van der Waals surface area (Å²) >= 11 is 0. The molecule has 0 saturated carbocycles. The van der Waals surface area contributed by atoms with Gasteiger partial charge < -0.3 is 14.4 Å². The Kier molecular flexibility index (Phi) is 5.80. The van der Waals surface area contributed by atoms with Crippen LogP contribution in [0.4, 0.5) is 0 Å². The number of para-hydroxylation sites is 1. The van der Waals surface area contributed by atoms with Crippen molar-refractivity contribution in [1.82, 2.24) is 4.90 Å². The van der Waals surface area contributed by atoms with E-state index in [1.165, 1.54) is 0 Å². The van der Waals surface area contributed by atoms with Gasteiger partial charge in [0.2, 0.25) is 5.91 Å². The lowest BCUT2D eigenvalue weighted by Crippen LogP contribution is -2.52. The van der Waals surface area contributed by atoms with Gasteiger partial charge in [-0.05, 0) is 55.7 Å². The van der Waals surface area contributed by atoms with Gasteiger partial charge in [0.05, 0.1) is 18.6 Å². The Balaban J connectivity index is 1.28. The van der Waals surface area contributed by atoms with Gasteiger partial charge in [-0.15, -0.1) is 0 Å².